The molecule has 36 heavy (non-hydrogen) atoms. The standard InChI is InChI=1S/C28H47N3O5/c1-8-9-13-18-29-25(33)24(22-14-11-10-12-15-22)31(21(4)17-16-20(2)3)26(34)23(19-32)30-27(35)36-28(5,6)7/h10-12,14-15,20-21,23-24,32H,8-9,13,16-19H2,1-7H3,(H,29,33)(H,30,35). The number of amides is 3. The van der Waals surface area contributed by atoms with Crippen LogP contribution in [0.25, 0.3) is 0 Å². The molecule has 0 fully saturated rings. The number of unbranched alkanes of at least 4 members (excludes halogenated alkanes) is 2. The summed E-state index contributed by atoms with van der Waals surface area (Å²) in [5.41, 5.74) is -0.0910. The van der Waals surface area contributed by atoms with Crippen molar-refractivity contribution >= 4 is 17.9 Å². The van der Waals surface area contributed by atoms with Crippen LogP contribution >= 0.6 is 0 Å². The Morgan fingerprint density at radius 3 is 2.19 bits per heavy atom. The van der Waals surface area contributed by atoms with Crippen LogP contribution in [-0.2, 0) is 14.3 Å². The maximum atomic E-state index is 13.9. The first-order chi connectivity index (χ1) is 16.9. The summed E-state index contributed by atoms with van der Waals surface area (Å²) in [6.07, 6.45) is 3.60. The summed E-state index contributed by atoms with van der Waals surface area (Å²) in [7, 11) is 0. The van der Waals surface area contributed by atoms with Gasteiger partial charge in [0, 0.05) is 12.6 Å². The third-order valence-corrected chi connectivity index (χ3v) is 5.78. The van der Waals surface area contributed by atoms with E-state index in [1.807, 2.05) is 37.3 Å². The lowest BCUT2D eigenvalue weighted by molar-refractivity contribution is -0.146. The number of benzene rings is 1. The van der Waals surface area contributed by atoms with E-state index in [2.05, 4.69) is 31.4 Å². The van der Waals surface area contributed by atoms with E-state index in [1.54, 1.807) is 20.8 Å². The van der Waals surface area contributed by atoms with Gasteiger partial charge in [-0.3, -0.25) is 9.59 Å². The smallest absolute Gasteiger partial charge is 0.408 e. The summed E-state index contributed by atoms with van der Waals surface area (Å²) >= 11 is 0. The van der Waals surface area contributed by atoms with Gasteiger partial charge in [0.25, 0.3) is 0 Å². The maximum absolute atomic E-state index is 13.9. The highest BCUT2D eigenvalue weighted by Crippen LogP contribution is 2.27. The normalized spacial score (nSPS) is 14.0. The number of aliphatic hydroxyl groups excluding tert-OH is 1. The molecule has 1 aromatic carbocycles. The number of carbonyl (C=O) groups is 3. The molecule has 0 aromatic heterocycles. The first kappa shape index (κ1) is 31.4. The van der Waals surface area contributed by atoms with Crippen molar-refractivity contribution in [3.8, 4) is 0 Å². The molecule has 1 aromatic rings. The van der Waals surface area contributed by atoms with Crippen molar-refractivity contribution in [1.29, 1.82) is 0 Å². The minimum absolute atomic E-state index is 0.281. The Hall–Kier alpha value is -2.61. The highest BCUT2D eigenvalue weighted by Gasteiger charge is 2.38. The zero-order valence-corrected chi connectivity index (χ0v) is 23.2. The average Bonchev–Trinajstić information content (AvgIpc) is 2.81. The molecular formula is C28H47N3O5. The molecule has 0 aliphatic carbocycles. The summed E-state index contributed by atoms with van der Waals surface area (Å²) in [5, 5.41) is 15.6. The highest BCUT2D eigenvalue weighted by atomic mass is 16.6. The van der Waals surface area contributed by atoms with Crippen LogP contribution in [0, 0.1) is 5.92 Å². The number of nitrogens with one attached hydrogen (secondary N) is 2. The van der Waals surface area contributed by atoms with E-state index in [0.717, 1.165) is 25.7 Å². The summed E-state index contributed by atoms with van der Waals surface area (Å²) < 4.78 is 5.30. The van der Waals surface area contributed by atoms with Gasteiger partial charge < -0.3 is 25.4 Å². The summed E-state index contributed by atoms with van der Waals surface area (Å²) in [6, 6.07) is 6.68. The van der Waals surface area contributed by atoms with Crippen LogP contribution in [0.1, 0.15) is 92.2 Å². The van der Waals surface area contributed by atoms with Gasteiger partial charge in [0.05, 0.1) is 6.61 Å². The molecule has 0 radical (unpaired) electrons. The Labute approximate surface area is 217 Å². The molecular weight excluding hydrogens is 458 g/mol. The fraction of sp³-hybridized carbons (Fsp3) is 0.679. The second kappa shape index (κ2) is 15.5. The average molecular weight is 506 g/mol. The number of hydrogen-bond donors (Lipinski definition) is 3. The highest BCUT2D eigenvalue weighted by molar-refractivity contribution is 5.92. The van der Waals surface area contributed by atoms with E-state index >= 15 is 0 Å². The number of aliphatic hydroxyl groups is 1. The van der Waals surface area contributed by atoms with Crippen molar-refractivity contribution in [1.82, 2.24) is 15.5 Å². The van der Waals surface area contributed by atoms with E-state index < -0.39 is 36.3 Å². The molecule has 3 N–H and O–H groups in total. The minimum atomic E-state index is -1.25. The molecule has 3 amide bonds. The molecule has 0 bridgehead atoms. The predicted octanol–water partition coefficient (Wildman–Crippen LogP) is 4.57. The molecule has 8 heteroatoms. The molecule has 0 saturated heterocycles. The molecule has 8 nitrogen and oxygen atoms in total. The lowest BCUT2D eigenvalue weighted by atomic mass is 9.97. The van der Waals surface area contributed by atoms with Gasteiger partial charge in [0.1, 0.15) is 17.7 Å². The van der Waals surface area contributed by atoms with Crippen molar-refractivity contribution in [2.24, 2.45) is 5.92 Å². The van der Waals surface area contributed by atoms with Crippen LogP contribution in [0.4, 0.5) is 4.79 Å². The van der Waals surface area contributed by atoms with Gasteiger partial charge in [0.15, 0.2) is 0 Å². The summed E-state index contributed by atoms with van der Waals surface area (Å²) in [5.74, 6) is -0.399. The largest absolute Gasteiger partial charge is 0.444 e. The molecule has 1 rings (SSSR count). The molecule has 3 atom stereocenters. The topological polar surface area (TPSA) is 108 Å². The molecule has 3 unspecified atom stereocenters. The quantitative estimate of drug-likeness (QED) is 0.321. The lowest BCUT2D eigenvalue weighted by Crippen LogP contribution is -2.56. The van der Waals surface area contributed by atoms with Gasteiger partial charge in [-0.15, -0.1) is 0 Å². The van der Waals surface area contributed by atoms with Gasteiger partial charge in [-0.2, -0.15) is 0 Å². The molecule has 204 valence electrons. The number of carbonyl (C=O) groups excluding carboxylic acids is 3. The zero-order chi connectivity index (χ0) is 27.3. The van der Waals surface area contributed by atoms with E-state index in [9.17, 15) is 19.5 Å². The number of hydrogen-bond acceptors (Lipinski definition) is 5. The third-order valence-electron chi connectivity index (χ3n) is 5.78. The number of alkyl carbamates (subject to hydrolysis) is 1. The van der Waals surface area contributed by atoms with Crippen molar-refractivity contribution in [3.05, 3.63) is 35.9 Å². The second-order valence-electron chi connectivity index (χ2n) is 10.8. The Kier molecular flexibility index (Phi) is 13.5. The minimum Gasteiger partial charge on any atom is -0.444 e. The fourth-order valence-corrected chi connectivity index (χ4v) is 3.88. The fourth-order valence-electron chi connectivity index (χ4n) is 3.88. The number of rotatable bonds is 14. The Morgan fingerprint density at radius 1 is 1.03 bits per heavy atom. The van der Waals surface area contributed by atoms with Gasteiger partial charge >= 0.3 is 6.09 Å². The predicted molar refractivity (Wildman–Crippen MR) is 142 cm³/mol. The molecule has 0 heterocycles. The van der Waals surface area contributed by atoms with Gasteiger partial charge in [-0.1, -0.05) is 63.9 Å². The summed E-state index contributed by atoms with van der Waals surface area (Å²) in [6.45, 7) is 13.3. The van der Waals surface area contributed by atoms with Crippen molar-refractivity contribution in [2.45, 2.75) is 104 Å². The monoisotopic (exact) mass is 505 g/mol. The molecule has 0 saturated carbocycles. The lowest BCUT2D eigenvalue weighted by Gasteiger charge is -2.38. The van der Waals surface area contributed by atoms with Gasteiger partial charge in [-0.25, -0.2) is 4.79 Å². The SMILES string of the molecule is CCCCCNC(=O)C(c1ccccc1)N(C(=O)C(CO)NC(=O)OC(C)(C)C)C(C)CCC(C)C. The van der Waals surface area contributed by atoms with Crippen LogP contribution in [0.5, 0.6) is 0 Å². The van der Waals surface area contributed by atoms with Crippen LogP contribution in [0.3, 0.4) is 0 Å². The Morgan fingerprint density at radius 2 is 1.67 bits per heavy atom. The number of ether oxygens (including phenoxy) is 1. The Balaban J connectivity index is 3.37. The van der Waals surface area contributed by atoms with Gasteiger partial charge in [0.2, 0.25) is 11.8 Å². The first-order valence-corrected chi connectivity index (χ1v) is 13.2. The van der Waals surface area contributed by atoms with Crippen molar-refractivity contribution in [3.63, 3.8) is 0 Å². The van der Waals surface area contributed by atoms with E-state index in [4.69, 9.17) is 4.74 Å². The zero-order valence-electron chi connectivity index (χ0n) is 23.2. The van der Waals surface area contributed by atoms with Crippen molar-refractivity contribution in [2.75, 3.05) is 13.2 Å². The van der Waals surface area contributed by atoms with Gasteiger partial charge in [-0.05, 0) is 58.4 Å². The van der Waals surface area contributed by atoms with Crippen LogP contribution in [0.2, 0.25) is 0 Å². The Bertz CT molecular complexity index is 807. The summed E-state index contributed by atoms with van der Waals surface area (Å²) in [4.78, 5) is 41.4. The van der Waals surface area contributed by atoms with E-state index in [-0.39, 0.29) is 11.9 Å². The van der Waals surface area contributed by atoms with Crippen LogP contribution in [-0.4, -0.2) is 58.8 Å². The first-order valence-electron chi connectivity index (χ1n) is 13.2. The third kappa shape index (κ3) is 11.0. The van der Waals surface area contributed by atoms with E-state index in [1.165, 1.54) is 4.90 Å². The van der Waals surface area contributed by atoms with Crippen molar-refractivity contribution < 1.29 is 24.2 Å². The molecule has 0 aliphatic rings. The second-order valence-corrected chi connectivity index (χ2v) is 10.8. The van der Waals surface area contributed by atoms with Crippen LogP contribution in [0.15, 0.2) is 30.3 Å². The van der Waals surface area contributed by atoms with Crippen LogP contribution < -0.4 is 10.6 Å². The molecule has 0 spiro atoms. The maximum Gasteiger partial charge on any atom is 0.408 e. The molecule has 0 aliphatic heterocycles. The number of nitrogens with zero attached hydrogens (tertiary/aromatic N) is 1. The van der Waals surface area contributed by atoms with E-state index in [0.29, 0.717) is 24.4 Å².